The summed E-state index contributed by atoms with van der Waals surface area (Å²) in [7, 11) is 0. The number of aromatic hydroxyl groups is 1. The molecule has 1 aromatic rings. The normalized spacial score (nSPS) is 10.5. The van der Waals surface area contributed by atoms with Gasteiger partial charge in [-0.25, -0.2) is 0 Å². The zero-order valence-electron chi connectivity index (χ0n) is 16.7. The van der Waals surface area contributed by atoms with Gasteiger partial charge >= 0.3 is 29.6 Å². The van der Waals surface area contributed by atoms with Gasteiger partial charge in [0.2, 0.25) is 0 Å². The van der Waals surface area contributed by atoms with E-state index in [4.69, 9.17) is 0 Å². The minimum atomic E-state index is 0. The Balaban J connectivity index is 0. The first-order chi connectivity index (χ1) is 10.8. The molecular formula is C21H37NaO. The van der Waals surface area contributed by atoms with Gasteiger partial charge in [0.15, 0.2) is 0 Å². The summed E-state index contributed by atoms with van der Waals surface area (Å²) in [5.74, 6) is 0.370. The molecule has 0 radical (unpaired) electrons. The van der Waals surface area contributed by atoms with Crippen molar-refractivity contribution >= 4 is 0 Å². The van der Waals surface area contributed by atoms with Crippen LogP contribution < -0.4 is 29.6 Å². The van der Waals surface area contributed by atoms with Crippen molar-refractivity contribution in [3.63, 3.8) is 0 Å². The predicted octanol–water partition coefficient (Wildman–Crippen LogP) is 4.14. The fraction of sp³-hybridized carbons (Fsp3) is 0.714. The molecule has 0 amide bonds. The van der Waals surface area contributed by atoms with Crippen molar-refractivity contribution in [3.05, 3.63) is 29.8 Å². The molecule has 0 saturated carbocycles. The smallest absolute Gasteiger partial charge is 1.00 e. The maximum atomic E-state index is 9.24. The SMILES string of the molecule is CCCCCCCCCCCCCCCc1ccc(O)cc1.[H-].[Na+]. The van der Waals surface area contributed by atoms with E-state index in [0.29, 0.717) is 5.75 Å². The maximum absolute atomic E-state index is 9.24. The molecule has 0 fully saturated rings. The van der Waals surface area contributed by atoms with Gasteiger partial charge in [-0.2, -0.15) is 0 Å². The summed E-state index contributed by atoms with van der Waals surface area (Å²) < 4.78 is 0. The number of hydrogen-bond donors (Lipinski definition) is 1. The van der Waals surface area contributed by atoms with E-state index in [9.17, 15) is 5.11 Å². The van der Waals surface area contributed by atoms with Gasteiger partial charge < -0.3 is 6.53 Å². The molecule has 23 heavy (non-hydrogen) atoms. The Morgan fingerprint density at radius 2 is 1.04 bits per heavy atom. The standard InChI is InChI=1S/C21H36O.Na.H/c1-2-3-4-5-6-7-8-9-10-11-12-13-14-15-20-16-18-21(22)19-17-20;;/h16-19,22H,2-15H2,1H3;;/q;+1;-1. The molecule has 0 aromatic heterocycles. The van der Waals surface area contributed by atoms with Gasteiger partial charge in [0.25, 0.3) is 0 Å². The average Bonchev–Trinajstić information content (AvgIpc) is 2.53. The monoisotopic (exact) mass is 328 g/mol. The van der Waals surface area contributed by atoms with Crippen LogP contribution in [0.5, 0.6) is 5.75 Å². The van der Waals surface area contributed by atoms with Crippen LogP contribution in [-0.4, -0.2) is 5.11 Å². The molecule has 0 bridgehead atoms. The van der Waals surface area contributed by atoms with Crippen molar-refractivity contribution in [2.45, 2.75) is 96.8 Å². The van der Waals surface area contributed by atoms with Gasteiger partial charge in [0.1, 0.15) is 5.75 Å². The Bertz CT molecular complexity index is 353. The summed E-state index contributed by atoms with van der Waals surface area (Å²) in [6.07, 6.45) is 19.4. The summed E-state index contributed by atoms with van der Waals surface area (Å²) in [4.78, 5) is 0. The van der Waals surface area contributed by atoms with Crippen LogP contribution >= 0.6 is 0 Å². The van der Waals surface area contributed by atoms with Crippen LogP contribution in [0.15, 0.2) is 24.3 Å². The molecule has 128 valence electrons. The third-order valence-electron chi connectivity index (χ3n) is 4.51. The summed E-state index contributed by atoms with van der Waals surface area (Å²) in [5.41, 5.74) is 1.35. The van der Waals surface area contributed by atoms with E-state index in [1.54, 1.807) is 12.1 Å². The molecule has 0 heterocycles. The van der Waals surface area contributed by atoms with Crippen molar-refractivity contribution in [1.82, 2.24) is 0 Å². The van der Waals surface area contributed by atoms with E-state index >= 15 is 0 Å². The van der Waals surface area contributed by atoms with Crippen LogP contribution in [0.3, 0.4) is 0 Å². The van der Waals surface area contributed by atoms with Crippen LogP contribution in [0.4, 0.5) is 0 Å². The first-order valence-corrected chi connectivity index (χ1v) is 9.61. The number of phenolic OH excluding ortho intramolecular Hbond substituents is 1. The average molecular weight is 329 g/mol. The van der Waals surface area contributed by atoms with Gasteiger partial charge in [-0.3, -0.25) is 0 Å². The minimum Gasteiger partial charge on any atom is -1.00 e. The molecular weight excluding hydrogens is 291 g/mol. The maximum Gasteiger partial charge on any atom is 1.00 e. The molecule has 0 unspecified atom stereocenters. The van der Waals surface area contributed by atoms with Crippen molar-refractivity contribution in [1.29, 1.82) is 0 Å². The Hall–Kier alpha value is 0.0200. The summed E-state index contributed by atoms with van der Waals surface area (Å²) in [5, 5.41) is 9.24. The van der Waals surface area contributed by atoms with E-state index in [1.165, 1.54) is 89.0 Å². The molecule has 0 aliphatic carbocycles. The summed E-state index contributed by atoms with van der Waals surface area (Å²) >= 11 is 0. The van der Waals surface area contributed by atoms with E-state index in [1.807, 2.05) is 12.1 Å². The molecule has 1 nitrogen and oxygen atoms in total. The van der Waals surface area contributed by atoms with Gasteiger partial charge in [-0.15, -0.1) is 0 Å². The number of rotatable bonds is 14. The molecule has 0 atom stereocenters. The van der Waals surface area contributed by atoms with Crippen molar-refractivity contribution < 1.29 is 36.1 Å². The molecule has 1 aromatic carbocycles. The van der Waals surface area contributed by atoms with Crippen molar-refractivity contribution in [2.24, 2.45) is 0 Å². The quantitative estimate of drug-likeness (QED) is 0.402. The third-order valence-corrected chi connectivity index (χ3v) is 4.51. The second kappa shape index (κ2) is 16.9. The Morgan fingerprint density at radius 1 is 0.652 bits per heavy atom. The third kappa shape index (κ3) is 14.1. The first kappa shape index (κ1) is 23.0. The van der Waals surface area contributed by atoms with Crippen LogP contribution in [0.25, 0.3) is 0 Å². The number of unbranched alkanes of at least 4 members (excludes halogenated alkanes) is 12. The van der Waals surface area contributed by atoms with Crippen LogP contribution in [0.2, 0.25) is 0 Å². The van der Waals surface area contributed by atoms with Crippen molar-refractivity contribution in [3.8, 4) is 5.75 Å². The van der Waals surface area contributed by atoms with Crippen LogP contribution in [0.1, 0.15) is 97.4 Å². The zero-order chi connectivity index (χ0) is 15.9. The summed E-state index contributed by atoms with van der Waals surface area (Å²) in [6.45, 7) is 2.28. The largest absolute Gasteiger partial charge is 1.00 e. The zero-order valence-corrected chi connectivity index (χ0v) is 17.7. The molecule has 0 spiro atoms. The Labute approximate surface area is 168 Å². The number of aryl methyl sites for hydroxylation is 1. The predicted molar refractivity (Wildman–Crippen MR) is 98.6 cm³/mol. The number of benzene rings is 1. The molecule has 1 rings (SSSR count). The Morgan fingerprint density at radius 3 is 1.48 bits per heavy atom. The van der Waals surface area contributed by atoms with Crippen LogP contribution in [0, 0.1) is 0 Å². The number of hydrogen-bond acceptors (Lipinski definition) is 1. The van der Waals surface area contributed by atoms with Gasteiger partial charge in [-0.1, -0.05) is 96.1 Å². The molecule has 1 N–H and O–H groups in total. The second-order valence-corrected chi connectivity index (χ2v) is 6.66. The second-order valence-electron chi connectivity index (χ2n) is 6.66. The topological polar surface area (TPSA) is 20.2 Å². The van der Waals surface area contributed by atoms with E-state index in [-0.39, 0.29) is 31.0 Å². The van der Waals surface area contributed by atoms with Gasteiger partial charge in [0.05, 0.1) is 0 Å². The first-order valence-electron chi connectivity index (χ1n) is 9.61. The minimum absolute atomic E-state index is 0. The van der Waals surface area contributed by atoms with Gasteiger partial charge in [-0.05, 0) is 30.5 Å². The molecule has 2 heteroatoms. The van der Waals surface area contributed by atoms with E-state index in [2.05, 4.69) is 6.92 Å². The molecule has 0 aliphatic rings. The van der Waals surface area contributed by atoms with Crippen LogP contribution in [-0.2, 0) is 6.42 Å². The molecule has 0 saturated heterocycles. The van der Waals surface area contributed by atoms with Crippen molar-refractivity contribution in [2.75, 3.05) is 0 Å². The fourth-order valence-electron chi connectivity index (χ4n) is 3.01. The molecule has 0 aliphatic heterocycles. The van der Waals surface area contributed by atoms with Gasteiger partial charge in [0, 0.05) is 0 Å². The van der Waals surface area contributed by atoms with E-state index in [0.717, 1.165) is 6.42 Å². The number of phenols is 1. The van der Waals surface area contributed by atoms with E-state index < -0.39 is 0 Å². The summed E-state index contributed by atoms with van der Waals surface area (Å²) in [6, 6.07) is 7.65. The fourth-order valence-corrected chi connectivity index (χ4v) is 3.01. The Kier molecular flexibility index (Phi) is 16.9.